The number of thioether (sulfide) groups is 1. The first kappa shape index (κ1) is 13.8. The average Bonchev–Trinajstić information content (AvgIpc) is 2.97. The number of rotatable bonds is 5. The van der Waals surface area contributed by atoms with Gasteiger partial charge in [-0.3, -0.25) is 4.90 Å². The molecule has 0 radical (unpaired) electrons. The van der Waals surface area contributed by atoms with E-state index in [1.807, 2.05) is 11.8 Å². The van der Waals surface area contributed by atoms with Crippen molar-refractivity contribution in [2.24, 2.45) is 5.92 Å². The number of aromatic nitrogens is 2. The summed E-state index contributed by atoms with van der Waals surface area (Å²) in [6.07, 6.45) is 4.57. The van der Waals surface area contributed by atoms with Crippen LogP contribution in [0.4, 0.5) is 0 Å². The summed E-state index contributed by atoms with van der Waals surface area (Å²) in [5.74, 6) is 1.62. The Bertz CT molecular complexity index is 424. The fourth-order valence-electron chi connectivity index (χ4n) is 3.09. The van der Waals surface area contributed by atoms with Crippen molar-refractivity contribution in [1.82, 2.24) is 13.6 Å². The number of aliphatic hydroxyl groups is 1. The smallest absolute Gasteiger partial charge is 0.135 e. The molecule has 3 heterocycles. The van der Waals surface area contributed by atoms with E-state index in [1.165, 1.54) is 30.3 Å². The highest BCUT2D eigenvalue weighted by atomic mass is 32.2. The van der Waals surface area contributed by atoms with E-state index in [1.54, 1.807) is 0 Å². The van der Waals surface area contributed by atoms with Gasteiger partial charge in [0.15, 0.2) is 0 Å². The lowest BCUT2D eigenvalue weighted by Gasteiger charge is -2.30. The highest BCUT2D eigenvalue weighted by Gasteiger charge is 2.41. The molecule has 0 aromatic carbocycles. The Morgan fingerprint density at radius 2 is 2.26 bits per heavy atom. The lowest BCUT2D eigenvalue weighted by molar-refractivity contribution is 0.144. The van der Waals surface area contributed by atoms with Crippen molar-refractivity contribution < 1.29 is 5.11 Å². The van der Waals surface area contributed by atoms with E-state index >= 15 is 0 Å². The van der Waals surface area contributed by atoms with Crippen LogP contribution in [0, 0.1) is 5.92 Å². The predicted octanol–water partition coefficient (Wildman–Crippen LogP) is 2.56. The molecular formula is C13H21N3OS2. The predicted molar refractivity (Wildman–Crippen MR) is 78.6 cm³/mol. The topological polar surface area (TPSA) is 49.2 Å². The molecule has 0 amide bonds. The molecule has 2 unspecified atom stereocenters. The van der Waals surface area contributed by atoms with Crippen LogP contribution in [0.15, 0.2) is 5.03 Å². The molecule has 19 heavy (non-hydrogen) atoms. The number of hydrogen-bond acceptors (Lipinski definition) is 6. The molecule has 3 rings (SSSR count). The lowest BCUT2D eigenvalue weighted by atomic mass is 9.94. The molecule has 2 bridgehead atoms. The number of unbranched alkanes of at least 4 members (excludes halogenated alkanes) is 1. The van der Waals surface area contributed by atoms with E-state index in [2.05, 4.69) is 20.6 Å². The SMILES string of the molecule is CCCCSc1nsnc1C1CC[C@@H]2CN1C[C@@H]2O. The first-order valence-electron chi connectivity index (χ1n) is 7.17. The molecule has 2 aliphatic heterocycles. The standard InChI is InChI=1S/C13H21N3OS2/c1-2-3-6-18-13-12(14-19-15-13)10-5-4-9-7-16(10)8-11(9)17/h9-11,17H,2-8H2,1H3/t9-,10?,11+/m1/s1. The molecule has 1 N–H and O–H groups in total. The third-order valence-electron chi connectivity index (χ3n) is 4.22. The second-order valence-corrected chi connectivity index (χ2v) is 7.14. The minimum atomic E-state index is -0.132. The van der Waals surface area contributed by atoms with Gasteiger partial charge in [-0.2, -0.15) is 8.75 Å². The third kappa shape index (κ3) is 2.82. The molecule has 0 saturated carbocycles. The van der Waals surface area contributed by atoms with Crippen LogP contribution in [0.5, 0.6) is 0 Å². The monoisotopic (exact) mass is 299 g/mol. The summed E-state index contributed by atoms with van der Waals surface area (Å²) in [6.45, 7) is 4.06. The maximum atomic E-state index is 9.98. The van der Waals surface area contributed by atoms with Gasteiger partial charge >= 0.3 is 0 Å². The van der Waals surface area contributed by atoms with Crippen molar-refractivity contribution in [3.63, 3.8) is 0 Å². The van der Waals surface area contributed by atoms with Crippen molar-refractivity contribution in [2.75, 3.05) is 18.8 Å². The maximum Gasteiger partial charge on any atom is 0.135 e. The van der Waals surface area contributed by atoms with E-state index in [0.717, 1.165) is 36.7 Å². The molecule has 2 fully saturated rings. The zero-order valence-corrected chi connectivity index (χ0v) is 12.9. The molecule has 2 saturated heterocycles. The number of fused-ring (bicyclic) bond motifs is 2. The Kier molecular flexibility index (Phi) is 4.41. The lowest BCUT2D eigenvalue weighted by Crippen LogP contribution is -2.31. The van der Waals surface area contributed by atoms with Crippen LogP contribution in [-0.2, 0) is 0 Å². The summed E-state index contributed by atoms with van der Waals surface area (Å²) in [4.78, 5) is 2.40. The van der Waals surface area contributed by atoms with Gasteiger partial charge in [0.2, 0.25) is 0 Å². The van der Waals surface area contributed by atoms with Crippen molar-refractivity contribution in [2.45, 2.75) is 49.8 Å². The van der Waals surface area contributed by atoms with Gasteiger partial charge in [0, 0.05) is 13.1 Å². The van der Waals surface area contributed by atoms with Crippen LogP contribution in [0.3, 0.4) is 0 Å². The Labute approximate surface area is 122 Å². The van der Waals surface area contributed by atoms with Gasteiger partial charge in [-0.05, 0) is 30.9 Å². The first-order valence-corrected chi connectivity index (χ1v) is 8.88. The molecule has 1 aromatic heterocycles. The second-order valence-electron chi connectivity index (χ2n) is 5.53. The van der Waals surface area contributed by atoms with Crippen LogP contribution in [0.25, 0.3) is 0 Å². The highest BCUT2D eigenvalue weighted by molar-refractivity contribution is 7.99. The zero-order valence-electron chi connectivity index (χ0n) is 11.3. The molecule has 2 aliphatic rings. The van der Waals surface area contributed by atoms with Gasteiger partial charge in [0.05, 0.1) is 23.9 Å². The number of aliphatic hydroxyl groups excluding tert-OH is 1. The van der Waals surface area contributed by atoms with Gasteiger partial charge in [0.1, 0.15) is 10.7 Å². The van der Waals surface area contributed by atoms with E-state index in [9.17, 15) is 5.11 Å². The summed E-state index contributed by atoms with van der Waals surface area (Å²) in [5, 5.41) is 11.1. The Hall–Kier alpha value is -0.170. The van der Waals surface area contributed by atoms with Crippen molar-refractivity contribution in [3.05, 3.63) is 5.69 Å². The normalized spacial score (nSPS) is 33.8. The fourth-order valence-corrected chi connectivity index (χ4v) is 4.92. The molecule has 0 aliphatic carbocycles. The summed E-state index contributed by atoms with van der Waals surface area (Å²) >= 11 is 3.18. The molecule has 4 nitrogen and oxygen atoms in total. The van der Waals surface area contributed by atoms with Gasteiger partial charge < -0.3 is 5.11 Å². The molecule has 106 valence electrons. The molecule has 1 aromatic rings. The highest BCUT2D eigenvalue weighted by Crippen LogP contribution is 2.41. The maximum absolute atomic E-state index is 9.98. The van der Waals surface area contributed by atoms with Crippen molar-refractivity contribution in [1.29, 1.82) is 0 Å². The largest absolute Gasteiger partial charge is 0.391 e. The number of piperidine rings is 1. The number of nitrogens with zero attached hydrogens (tertiary/aromatic N) is 3. The van der Waals surface area contributed by atoms with Crippen LogP contribution in [0.2, 0.25) is 0 Å². The molecule has 0 spiro atoms. The Morgan fingerprint density at radius 3 is 3.11 bits per heavy atom. The summed E-state index contributed by atoms with van der Waals surface area (Å²) in [5.41, 5.74) is 1.17. The van der Waals surface area contributed by atoms with Crippen molar-refractivity contribution in [3.8, 4) is 0 Å². The molecule has 6 heteroatoms. The Balaban J connectivity index is 1.70. The fraction of sp³-hybridized carbons (Fsp3) is 0.846. The van der Waals surface area contributed by atoms with Gasteiger partial charge in [-0.1, -0.05) is 13.3 Å². The third-order valence-corrected chi connectivity index (χ3v) is 5.95. The van der Waals surface area contributed by atoms with Crippen LogP contribution in [0.1, 0.15) is 44.3 Å². The summed E-state index contributed by atoms with van der Waals surface area (Å²) in [6, 6.07) is 0.385. The van der Waals surface area contributed by atoms with Crippen LogP contribution in [-0.4, -0.2) is 43.7 Å². The number of hydrogen-bond donors (Lipinski definition) is 1. The quantitative estimate of drug-likeness (QED) is 0.669. The minimum absolute atomic E-state index is 0.132. The van der Waals surface area contributed by atoms with Crippen LogP contribution >= 0.6 is 23.5 Å². The van der Waals surface area contributed by atoms with E-state index < -0.39 is 0 Å². The van der Waals surface area contributed by atoms with Crippen LogP contribution < -0.4 is 0 Å². The first-order chi connectivity index (χ1) is 9.29. The van der Waals surface area contributed by atoms with E-state index in [-0.39, 0.29) is 6.10 Å². The zero-order chi connectivity index (χ0) is 13.2. The second kappa shape index (κ2) is 6.08. The Morgan fingerprint density at radius 1 is 1.37 bits per heavy atom. The van der Waals surface area contributed by atoms with E-state index in [4.69, 9.17) is 0 Å². The van der Waals surface area contributed by atoms with Gasteiger partial charge in [0.25, 0.3) is 0 Å². The van der Waals surface area contributed by atoms with Gasteiger partial charge in [-0.15, -0.1) is 11.8 Å². The van der Waals surface area contributed by atoms with Gasteiger partial charge in [-0.25, -0.2) is 0 Å². The average molecular weight is 299 g/mol. The summed E-state index contributed by atoms with van der Waals surface area (Å²) < 4.78 is 9.02. The molecular weight excluding hydrogens is 278 g/mol. The van der Waals surface area contributed by atoms with E-state index in [0.29, 0.717) is 12.0 Å². The molecule has 4 atom stereocenters. The summed E-state index contributed by atoms with van der Waals surface area (Å²) in [7, 11) is 0. The minimum Gasteiger partial charge on any atom is -0.391 e. The van der Waals surface area contributed by atoms with Crippen molar-refractivity contribution >= 4 is 23.5 Å².